The number of nitrogens with one attached hydrogen (secondary N) is 1. The van der Waals surface area contributed by atoms with Crippen molar-refractivity contribution in [3.05, 3.63) is 23.8 Å². The summed E-state index contributed by atoms with van der Waals surface area (Å²) < 4.78 is 5.01. The third-order valence-electron chi connectivity index (χ3n) is 2.80. The lowest BCUT2D eigenvalue weighted by Crippen LogP contribution is -2.34. The van der Waals surface area contributed by atoms with E-state index >= 15 is 0 Å². The second-order valence-corrected chi connectivity index (χ2v) is 4.21. The Bertz CT molecular complexity index is 430. The van der Waals surface area contributed by atoms with Gasteiger partial charge in [0.25, 0.3) is 0 Å². The van der Waals surface area contributed by atoms with Crippen molar-refractivity contribution in [1.82, 2.24) is 5.32 Å². The van der Waals surface area contributed by atoms with Gasteiger partial charge in [-0.1, -0.05) is 6.07 Å². The van der Waals surface area contributed by atoms with Crippen LogP contribution in [0.4, 0.5) is 0 Å². The molecule has 0 aromatic heterocycles. The summed E-state index contributed by atoms with van der Waals surface area (Å²) in [6.07, 6.45) is 2.14. The number of methoxy groups -OCH3 is 1. The molecule has 5 heteroatoms. The first-order chi connectivity index (χ1) is 8.11. The smallest absolute Gasteiger partial charge is 0.239 e. The molecule has 1 aliphatic rings. The largest absolute Gasteiger partial charge is 0.504 e. The minimum absolute atomic E-state index is 0.0471. The van der Waals surface area contributed by atoms with Crippen LogP contribution in [0.1, 0.15) is 24.4 Å². The topological polar surface area (TPSA) is 84.6 Å². The van der Waals surface area contributed by atoms with Crippen LogP contribution in [0.25, 0.3) is 0 Å². The van der Waals surface area contributed by atoms with E-state index in [2.05, 4.69) is 5.32 Å². The highest BCUT2D eigenvalue weighted by atomic mass is 16.5. The fourth-order valence-corrected chi connectivity index (χ4v) is 1.70. The Morgan fingerprint density at radius 1 is 1.59 bits per heavy atom. The van der Waals surface area contributed by atoms with E-state index in [0.29, 0.717) is 17.4 Å². The molecule has 1 saturated carbocycles. The van der Waals surface area contributed by atoms with Crippen LogP contribution < -0.4 is 15.8 Å². The third kappa shape index (κ3) is 2.68. The first-order valence-corrected chi connectivity index (χ1v) is 5.54. The van der Waals surface area contributed by atoms with Gasteiger partial charge in [0, 0.05) is 6.04 Å². The fourth-order valence-electron chi connectivity index (χ4n) is 1.70. The van der Waals surface area contributed by atoms with Crippen LogP contribution >= 0.6 is 0 Å². The number of ether oxygens (including phenoxy) is 1. The lowest BCUT2D eigenvalue weighted by molar-refractivity contribution is -0.120. The van der Waals surface area contributed by atoms with Crippen molar-refractivity contribution in [2.45, 2.75) is 24.9 Å². The number of aromatic hydroxyl groups is 1. The number of benzene rings is 1. The summed E-state index contributed by atoms with van der Waals surface area (Å²) in [5.41, 5.74) is 6.08. The maximum atomic E-state index is 11.4. The van der Waals surface area contributed by atoms with Gasteiger partial charge < -0.3 is 15.6 Å². The van der Waals surface area contributed by atoms with Gasteiger partial charge in [0.2, 0.25) is 5.91 Å². The van der Waals surface area contributed by atoms with E-state index in [0.717, 1.165) is 12.8 Å². The predicted molar refractivity (Wildman–Crippen MR) is 62.8 cm³/mol. The van der Waals surface area contributed by atoms with E-state index in [9.17, 15) is 9.90 Å². The van der Waals surface area contributed by atoms with Crippen LogP contribution in [0, 0.1) is 0 Å². The summed E-state index contributed by atoms with van der Waals surface area (Å²) in [5, 5.41) is 12.7. The standard InChI is InChI=1S/C12H16N2O3/c1-17-10-6-7(2-5-9(10)15)11(12(13)16)14-8-3-4-8/h2,5-6,8,11,14-15H,3-4H2,1H3,(H2,13,16). The van der Waals surface area contributed by atoms with Crippen molar-refractivity contribution in [3.63, 3.8) is 0 Å². The molecule has 1 unspecified atom stereocenters. The number of carbonyl (C=O) groups excluding carboxylic acids is 1. The molecule has 1 aliphatic carbocycles. The average Bonchev–Trinajstić information content (AvgIpc) is 3.10. The summed E-state index contributed by atoms with van der Waals surface area (Å²) in [4.78, 5) is 11.4. The van der Waals surface area contributed by atoms with Crippen molar-refractivity contribution in [2.75, 3.05) is 7.11 Å². The lowest BCUT2D eigenvalue weighted by atomic mass is 10.1. The molecule has 1 aromatic rings. The average molecular weight is 236 g/mol. The number of rotatable bonds is 5. The summed E-state index contributed by atoms with van der Waals surface area (Å²) in [6, 6.07) is 4.63. The zero-order valence-electron chi connectivity index (χ0n) is 9.64. The Balaban J connectivity index is 2.24. The summed E-state index contributed by atoms with van der Waals surface area (Å²) in [6.45, 7) is 0. The SMILES string of the molecule is COc1cc(C(NC2CC2)C(N)=O)ccc1O. The van der Waals surface area contributed by atoms with E-state index in [4.69, 9.17) is 10.5 Å². The Labute approximate surface area is 99.6 Å². The molecular formula is C12H16N2O3. The molecule has 0 saturated heterocycles. The molecule has 0 heterocycles. The monoisotopic (exact) mass is 236 g/mol. The molecule has 4 N–H and O–H groups in total. The number of nitrogens with two attached hydrogens (primary N) is 1. The van der Waals surface area contributed by atoms with Crippen LogP contribution in [0.15, 0.2) is 18.2 Å². The first kappa shape index (κ1) is 11.7. The van der Waals surface area contributed by atoms with E-state index in [-0.39, 0.29) is 5.75 Å². The van der Waals surface area contributed by atoms with Crippen LogP contribution in [0.3, 0.4) is 0 Å². The van der Waals surface area contributed by atoms with Gasteiger partial charge in [0.05, 0.1) is 7.11 Å². The van der Waals surface area contributed by atoms with Crippen molar-refractivity contribution < 1.29 is 14.6 Å². The zero-order valence-corrected chi connectivity index (χ0v) is 9.64. The van der Waals surface area contributed by atoms with E-state index in [1.165, 1.54) is 13.2 Å². The van der Waals surface area contributed by atoms with Crippen LogP contribution in [-0.4, -0.2) is 24.2 Å². The quantitative estimate of drug-likeness (QED) is 0.702. The van der Waals surface area contributed by atoms with E-state index < -0.39 is 11.9 Å². The first-order valence-electron chi connectivity index (χ1n) is 5.54. The van der Waals surface area contributed by atoms with Gasteiger partial charge in [-0.15, -0.1) is 0 Å². The molecule has 0 aliphatic heterocycles. The van der Waals surface area contributed by atoms with E-state index in [1.54, 1.807) is 12.1 Å². The van der Waals surface area contributed by atoms with Crippen LogP contribution in [0.5, 0.6) is 11.5 Å². The number of primary amides is 1. The van der Waals surface area contributed by atoms with Crippen molar-refractivity contribution in [1.29, 1.82) is 0 Å². The fraction of sp³-hybridized carbons (Fsp3) is 0.417. The minimum atomic E-state index is -0.531. The molecule has 1 aromatic carbocycles. The Kier molecular flexibility index (Phi) is 3.19. The number of phenols is 1. The van der Waals surface area contributed by atoms with Gasteiger partial charge in [-0.05, 0) is 30.5 Å². The lowest BCUT2D eigenvalue weighted by Gasteiger charge is -2.16. The number of amides is 1. The number of hydrogen-bond acceptors (Lipinski definition) is 4. The summed E-state index contributed by atoms with van der Waals surface area (Å²) in [7, 11) is 1.46. The summed E-state index contributed by atoms with van der Waals surface area (Å²) in [5.74, 6) is -0.0399. The highest BCUT2D eigenvalue weighted by molar-refractivity contribution is 5.81. The second kappa shape index (κ2) is 4.63. The molecule has 1 amide bonds. The maximum Gasteiger partial charge on any atom is 0.239 e. The Morgan fingerprint density at radius 2 is 2.29 bits per heavy atom. The molecule has 1 atom stereocenters. The molecule has 0 spiro atoms. The van der Waals surface area contributed by atoms with Gasteiger partial charge in [-0.25, -0.2) is 0 Å². The van der Waals surface area contributed by atoms with Crippen molar-refractivity contribution in [3.8, 4) is 11.5 Å². The molecular weight excluding hydrogens is 220 g/mol. The zero-order chi connectivity index (χ0) is 12.4. The van der Waals surface area contributed by atoms with Gasteiger partial charge >= 0.3 is 0 Å². The van der Waals surface area contributed by atoms with Gasteiger partial charge in [-0.3, -0.25) is 10.1 Å². The van der Waals surface area contributed by atoms with Crippen molar-refractivity contribution >= 4 is 5.91 Å². The Morgan fingerprint density at radius 3 is 2.82 bits per heavy atom. The molecule has 17 heavy (non-hydrogen) atoms. The molecule has 0 bridgehead atoms. The van der Waals surface area contributed by atoms with Gasteiger partial charge in [0.15, 0.2) is 11.5 Å². The van der Waals surface area contributed by atoms with Crippen molar-refractivity contribution in [2.24, 2.45) is 5.73 Å². The number of hydrogen-bond donors (Lipinski definition) is 3. The van der Waals surface area contributed by atoms with Crippen LogP contribution in [0.2, 0.25) is 0 Å². The molecule has 2 rings (SSSR count). The highest BCUT2D eigenvalue weighted by Gasteiger charge is 2.28. The predicted octanol–water partition coefficient (Wildman–Crippen LogP) is 0.679. The normalized spacial score (nSPS) is 16.5. The van der Waals surface area contributed by atoms with Gasteiger partial charge in [-0.2, -0.15) is 0 Å². The third-order valence-corrected chi connectivity index (χ3v) is 2.80. The highest BCUT2D eigenvalue weighted by Crippen LogP contribution is 2.30. The molecule has 1 fully saturated rings. The Hall–Kier alpha value is -1.75. The minimum Gasteiger partial charge on any atom is -0.504 e. The number of carbonyl (C=O) groups is 1. The molecule has 0 radical (unpaired) electrons. The second-order valence-electron chi connectivity index (χ2n) is 4.21. The molecule has 92 valence electrons. The number of phenolic OH excluding ortho intramolecular Hbond substituents is 1. The maximum absolute atomic E-state index is 11.4. The summed E-state index contributed by atoms with van der Waals surface area (Å²) >= 11 is 0. The van der Waals surface area contributed by atoms with Crippen LogP contribution in [-0.2, 0) is 4.79 Å². The molecule has 5 nitrogen and oxygen atoms in total. The van der Waals surface area contributed by atoms with E-state index in [1.807, 2.05) is 0 Å². The van der Waals surface area contributed by atoms with Gasteiger partial charge in [0.1, 0.15) is 6.04 Å².